The van der Waals surface area contributed by atoms with E-state index in [1.807, 2.05) is 49.4 Å². The van der Waals surface area contributed by atoms with Gasteiger partial charge in [0.1, 0.15) is 0 Å². The minimum absolute atomic E-state index is 0.0883. The maximum Gasteiger partial charge on any atom is 0.417 e. The fourth-order valence-corrected chi connectivity index (χ4v) is 3.64. The fraction of sp³-hybridized carbons (Fsp3) is 0.0833. The Hall–Kier alpha value is -3.47. The van der Waals surface area contributed by atoms with Crippen LogP contribution < -0.4 is 11.5 Å². The fourth-order valence-electron chi connectivity index (χ4n) is 3.64. The Balaban J connectivity index is 1.81. The Morgan fingerprint density at radius 3 is 1.69 bits per heavy atom. The first-order valence-electron chi connectivity index (χ1n) is 9.10. The molecule has 0 saturated carbocycles. The van der Waals surface area contributed by atoms with Gasteiger partial charge in [0, 0.05) is 11.4 Å². The number of nitrogens with two attached hydrogens (primary N) is 2. The highest BCUT2D eigenvalue weighted by atomic mass is 19.4. The van der Waals surface area contributed by atoms with Crippen LogP contribution in [-0.2, 0) is 6.18 Å². The van der Waals surface area contributed by atoms with Crippen molar-refractivity contribution >= 4 is 22.1 Å². The van der Waals surface area contributed by atoms with Crippen LogP contribution in [0.4, 0.5) is 24.5 Å². The van der Waals surface area contributed by atoms with E-state index in [0.717, 1.165) is 33.5 Å². The number of fused-ring (bicyclic) bond motifs is 1. The van der Waals surface area contributed by atoms with Gasteiger partial charge in [-0.1, -0.05) is 36.4 Å². The predicted molar refractivity (Wildman–Crippen MR) is 113 cm³/mol. The molecule has 0 amide bonds. The third-order valence-corrected chi connectivity index (χ3v) is 5.06. The zero-order valence-electron chi connectivity index (χ0n) is 15.7. The number of hydrogen-bond donors (Lipinski definition) is 2. The summed E-state index contributed by atoms with van der Waals surface area (Å²) in [7, 11) is 0. The molecular formula is C24H19F3N2. The van der Waals surface area contributed by atoms with E-state index < -0.39 is 11.7 Å². The highest BCUT2D eigenvalue weighted by Gasteiger charge is 2.33. The van der Waals surface area contributed by atoms with E-state index in [1.165, 1.54) is 12.1 Å². The number of halogens is 3. The lowest BCUT2D eigenvalue weighted by Gasteiger charge is -2.15. The van der Waals surface area contributed by atoms with Gasteiger partial charge < -0.3 is 11.5 Å². The second-order valence-corrected chi connectivity index (χ2v) is 7.15. The molecule has 0 atom stereocenters. The number of anilines is 2. The van der Waals surface area contributed by atoms with Gasteiger partial charge in [0.05, 0.1) is 5.56 Å². The molecule has 0 aliphatic heterocycles. The number of alkyl halides is 3. The van der Waals surface area contributed by atoms with E-state index in [0.29, 0.717) is 11.3 Å². The Kier molecular flexibility index (Phi) is 4.46. The first kappa shape index (κ1) is 18.9. The van der Waals surface area contributed by atoms with Crippen LogP contribution in [0, 0.1) is 6.92 Å². The third-order valence-electron chi connectivity index (χ3n) is 5.06. The quantitative estimate of drug-likeness (QED) is 0.375. The third kappa shape index (κ3) is 3.63. The lowest BCUT2D eigenvalue weighted by atomic mass is 9.94. The van der Waals surface area contributed by atoms with Crippen molar-refractivity contribution < 1.29 is 13.2 Å². The van der Waals surface area contributed by atoms with E-state index in [2.05, 4.69) is 0 Å². The second-order valence-electron chi connectivity index (χ2n) is 7.15. The van der Waals surface area contributed by atoms with Crippen molar-refractivity contribution in [3.05, 3.63) is 83.9 Å². The summed E-state index contributed by atoms with van der Waals surface area (Å²) in [6.45, 7) is 2.00. The number of hydrogen-bond acceptors (Lipinski definition) is 2. The van der Waals surface area contributed by atoms with Crippen molar-refractivity contribution in [1.29, 1.82) is 0 Å². The van der Waals surface area contributed by atoms with E-state index >= 15 is 0 Å². The molecule has 4 aromatic carbocycles. The molecule has 4 N–H and O–H groups in total. The van der Waals surface area contributed by atoms with Crippen molar-refractivity contribution in [3.8, 4) is 22.3 Å². The number of nitrogen functional groups attached to an aromatic ring is 2. The van der Waals surface area contributed by atoms with E-state index in [4.69, 9.17) is 11.5 Å². The Bertz CT molecular complexity index is 1230. The van der Waals surface area contributed by atoms with Crippen LogP contribution >= 0.6 is 0 Å². The summed E-state index contributed by atoms with van der Waals surface area (Å²) in [6.07, 6.45) is -4.48. The largest absolute Gasteiger partial charge is 0.417 e. The summed E-state index contributed by atoms with van der Waals surface area (Å²) < 4.78 is 40.4. The Morgan fingerprint density at radius 1 is 0.621 bits per heavy atom. The second kappa shape index (κ2) is 6.85. The molecule has 0 saturated heterocycles. The summed E-state index contributed by atoms with van der Waals surface area (Å²) >= 11 is 0. The van der Waals surface area contributed by atoms with Crippen LogP contribution in [0.25, 0.3) is 33.0 Å². The molecule has 4 aromatic rings. The van der Waals surface area contributed by atoms with Crippen molar-refractivity contribution in [1.82, 2.24) is 0 Å². The molecule has 0 aliphatic rings. The van der Waals surface area contributed by atoms with Crippen LogP contribution in [0.5, 0.6) is 0 Å². The highest BCUT2D eigenvalue weighted by Crippen LogP contribution is 2.39. The van der Waals surface area contributed by atoms with Gasteiger partial charge in [-0.25, -0.2) is 0 Å². The highest BCUT2D eigenvalue weighted by molar-refractivity contribution is 5.91. The zero-order valence-corrected chi connectivity index (χ0v) is 15.7. The van der Waals surface area contributed by atoms with Gasteiger partial charge in [0.15, 0.2) is 0 Å². The molecule has 0 aromatic heterocycles. The SMILES string of the molecule is Cc1cc(N)ccc1-c1ccc2cc(-c3ccc(N)cc3C(F)(F)F)ccc2c1. The minimum atomic E-state index is -4.48. The Morgan fingerprint density at radius 2 is 1.14 bits per heavy atom. The van der Waals surface area contributed by atoms with Crippen LogP contribution in [-0.4, -0.2) is 0 Å². The van der Waals surface area contributed by atoms with Gasteiger partial charge in [-0.3, -0.25) is 0 Å². The molecule has 146 valence electrons. The Labute approximate surface area is 166 Å². The van der Waals surface area contributed by atoms with Crippen LogP contribution in [0.3, 0.4) is 0 Å². The average Bonchev–Trinajstić information content (AvgIpc) is 2.66. The maximum atomic E-state index is 13.5. The number of aryl methyl sites for hydroxylation is 1. The molecule has 0 spiro atoms. The molecular weight excluding hydrogens is 373 g/mol. The van der Waals surface area contributed by atoms with E-state index in [9.17, 15) is 13.2 Å². The molecule has 0 bridgehead atoms. The molecule has 29 heavy (non-hydrogen) atoms. The molecule has 2 nitrogen and oxygen atoms in total. The van der Waals surface area contributed by atoms with Gasteiger partial charge in [-0.05, 0) is 81.9 Å². The van der Waals surface area contributed by atoms with Crippen molar-refractivity contribution in [3.63, 3.8) is 0 Å². The van der Waals surface area contributed by atoms with Crippen molar-refractivity contribution in [2.24, 2.45) is 0 Å². The van der Waals surface area contributed by atoms with Crippen molar-refractivity contribution in [2.75, 3.05) is 11.5 Å². The predicted octanol–water partition coefficient (Wildman–Crippen LogP) is 6.67. The summed E-state index contributed by atoms with van der Waals surface area (Å²) in [5, 5.41) is 1.82. The molecule has 0 heterocycles. The molecule has 0 fully saturated rings. The molecule has 5 heteroatoms. The standard InChI is InChI=1S/C24H19F3N2/c1-14-10-19(28)6-8-21(14)17-4-2-16-12-18(5-3-15(16)11-17)22-9-7-20(29)13-23(22)24(25,26)27/h2-13H,28-29H2,1H3. The first-order chi connectivity index (χ1) is 13.7. The monoisotopic (exact) mass is 392 g/mol. The summed E-state index contributed by atoms with van der Waals surface area (Å²) in [5.41, 5.74) is 15.3. The van der Waals surface area contributed by atoms with E-state index in [-0.39, 0.29) is 11.3 Å². The molecule has 4 rings (SSSR count). The van der Waals surface area contributed by atoms with Crippen LogP contribution in [0.15, 0.2) is 72.8 Å². The summed E-state index contributed by atoms with van der Waals surface area (Å²) in [5.74, 6) is 0. The minimum Gasteiger partial charge on any atom is -0.399 e. The summed E-state index contributed by atoms with van der Waals surface area (Å²) in [6, 6.07) is 20.9. The van der Waals surface area contributed by atoms with Gasteiger partial charge in [0.25, 0.3) is 0 Å². The van der Waals surface area contributed by atoms with Gasteiger partial charge in [-0.2, -0.15) is 13.2 Å². The molecule has 0 aliphatic carbocycles. The molecule has 0 unspecified atom stereocenters. The van der Waals surface area contributed by atoms with Crippen LogP contribution in [0.2, 0.25) is 0 Å². The van der Waals surface area contributed by atoms with Gasteiger partial charge >= 0.3 is 6.18 Å². The number of rotatable bonds is 2. The summed E-state index contributed by atoms with van der Waals surface area (Å²) in [4.78, 5) is 0. The topological polar surface area (TPSA) is 52.0 Å². The van der Waals surface area contributed by atoms with Gasteiger partial charge in [0.2, 0.25) is 0 Å². The lowest BCUT2D eigenvalue weighted by Crippen LogP contribution is -2.08. The first-order valence-corrected chi connectivity index (χ1v) is 9.10. The molecule has 0 radical (unpaired) electrons. The normalized spacial score (nSPS) is 11.7. The maximum absolute atomic E-state index is 13.5. The van der Waals surface area contributed by atoms with Crippen LogP contribution in [0.1, 0.15) is 11.1 Å². The smallest absolute Gasteiger partial charge is 0.399 e. The zero-order chi connectivity index (χ0) is 20.8. The van der Waals surface area contributed by atoms with E-state index in [1.54, 1.807) is 12.1 Å². The lowest BCUT2D eigenvalue weighted by molar-refractivity contribution is -0.137. The number of benzene rings is 4. The average molecular weight is 392 g/mol. The van der Waals surface area contributed by atoms with Gasteiger partial charge in [-0.15, -0.1) is 0 Å². The van der Waals surface area contributed by atoms with Crippen molar-refractivity contribution in [2.45, 2.75) is 13.1 Å².